The Balaban J connectivity index is 1.51. The summed E-state index contributed by atoms with van der Waals surface area (Å²) in [5.41, 5.74) is 2.23. The van der Waals surface area contributed by atoms with Crippen molar-refractivity contribution in [2.75, 3.05) is 19.8 Å². The van der Waals surface area contributed by atoms with Crippen LogP contribution < -0.4 is 4.74 Å². The van der Waals surface area contributed by atoms with Gasteiger partial charge in [-0.3, -0.25) is 0 Å². The van der Waals surface area contributed by atoms with Crippen LogP contribution in [0.25, 0.3) is 22.3 Å². The van der Waals surface area contributed by atoms with Gasteiger partial charge in [0.15, 0.2) is 17.9 Å². The van der Waals surface area contributed by atoms with E-state index in [0.29, 0.717) is 41.4 Å². The fraction of sp³-hybridized carbons (Fsp3) is 0.286. The molecule has 0 radical (unpaired) electrons. The summed E-state index contributed by atoms with van der Waals surface area (Å²) in [6.07, 6.45) is 3.91. The Labute approximate surface area is 197 Å². The SMILES string of the molecule is CC/C=C/COc1ccc(-c2ccc(-c3ccc(C4OCC(C)CO4)cc3F)cc2)c(F)c1F. The Hall–Kier alpha value is -3.09. The average molecular weight is 469 g/mol. The normalized spacial score (nSPS) is 18.4. The van der Waals surface area contributed by atoms with Crippen molar-refractivity contribution in [3.63, 3.8) is 0 Å². The van der Waals surface area contributed by atoms with Crippen molar-refractivity contribution >= 4 is 0 Å². The summed E-state index contributed by atoms with van der Waals surface area (Å²) < 4.78 is 60.6. The molecule has 0 aliphatic carbocycles. The van der Waals surface area contributed by atoms with Crippen LogP contribution in [0.15, 0.2) is 66.7 Å². The van der Waals surface area contributed by atoms with Crippen molar-refractivity contribution in [3.05, 3.63) is 89.8 Å². The van der Waals surface area contributed by atoms with Crippen LogP contribution in [0.5, 0.6) is 5.75 Å². The zero-order valence-electron chi connectivity index (χ0n) is 19.2. The lowest BCUT2D eigenvalue weighted by molar-refractivity contribution is -0.202. The third-order valence-electron chi connectivity index (χ3n) is 5.62. The Morgan fingerprint density at radius 2 is 1.50 bits per heavy atom. The molecule has 3 nitrogen and oxygen atoms in total. The lowest BCUT2D eigenvalue weighted by Crippen LogP contribution is -2.25. The molecule has 0 atom stereocenters. The Kier molecular flexibility index (Phi) is 7.70. The van der Waals surface area contributed by atoms with Gasteiger partial charge in [0.2, 0.25) is 5.82 Å². The van der Waals surface area contributed by atoms with Gasteiger partial charge in [0.1, 0.15) is 12.4 Å². The summed E-state index contributed by atoms with van der Waals surface area (Å²) in [4.78, 5) is 0. The fourth-order valence-electron chi connectivity index (χ4n) is 3.77. The summed E-state index contributed by atoms with van der Waals surface area (Å²) in [6, 6.07) is 14.4. The van der Waals surface area contributed by atoms with Crippen molar-refractivity contribution in [2.24, 2.45) is 5.92 Å². The first-order valence-electron chi connectivity index (χ1n) is 11.4. The van der Waals surface area contributed by atoms with Crippen LogP contribution in [0.2, 0.25) is 0 Å². The first kappa shape index (κ1) is 24.0. The van der Waals surface area contributed by atoms with Gasteiger partial charge in [-0.15, -0.1) is 0 Å². The lowest BCUT2D eigenvalue weighted by atomic mass is 9.98. The molecular formula is C28H27F3O3. The zero-order valence-corrected chi connectivity index (χ0v) is 19.2. The second kappa shape index (κ2) is 10.9. The fourth-order valence-corrected chi connectivity index (χ4v) is 3.77. The third-order valence-corrected chi connectivity index (χ3v) is 5.62. The van der Waals surface area contributed by atoms with E-state index in [0.717, 1.165) is 6.42 Å². The number of rotatable bonds is 7. The average Bonchev–Trinajstić information content (AvgIpc) is 2.85. The highest BCUT2D eigenvalue weighted by atomic mass is 19.2. The molecule has 0 unspecified atom stereocenters. The molecule has 3 aromatic rings. The molecule has 1 fully saturated rings. The molecule has 1 saturated heterocycles. The molecule has 0 spiro atoms. The van der Waals surface area contributed by atoms with E-state index in [1.807, 2.05) is 19.9 Å². The van der Waals surface area contributed by atoms with Crippen molar-refractivity contribution in [2.45, 2.75) is 26.6 Å². The van der Waals surface area contributed by atoms with E-state index in [1.165, 1.54) is 18.2 Å². The van der Waals surface area contributed by atoms with Gasteiger partial charge < -0.3 is 14.2 Å². The van der Waals surface area contributed by atoms with Crippen LogP contribution in [0.1, 0.15) is 32.1 Å². The maximum absolute atomic E-state index is 14.9. The number of ether oxygens (including phenoxy) is 3. The van der Waals surface area contributed by atoms with Gasteiger partial charge in [0, 0.05) is 22.6 Å². The third kappa shape index (κ3) is 5.34. The number of benzene rings is 3. The van der Waals surface area contributed by atoms with Crippen LogP contribution in [-0.2, 0) is 9.47 Å². The number of hydrogen-bond acceptors (Lipinski definition) is 3. The molecule has 1 heterocycles. The molecular weight excluding hydrogens is 441 g/mol. The molecule has 0 amide bonds. The minimum atomic E-state index is -1.03. The van der Waals surface area contributed by atoms with Crippen molar-refractivity contribution in [1.82, 2.24) is 0 Å². The summed E-state index contributed by atoms with van der Waals surface area (Å²) in [6.45, 7) is 5.30. The second-order valence-corrected chi connectivity index (χ2v) is 8.35. The van der Waals surface area contributed by atoms with E-state index in [2.05, 4.69) is 0 Å². The van der Waals surface area contributed by atoms with Gasteiger partial charge >= 0.3 is 0 Å². The van der Waals surface area contributed by atoms with Crippen LogP contribution in [0.4, 0.5) is 13.2 Å². The number of allylic oxidation sites excluding steroid dienone is 1. The van der Waals surface area contributed by atoms with Gasteiger partial charge in [0.25, 0.3) is 0 Å². The van der Waals surface area contributed by atoms with Crippen molar-refractivity contribution in [3.8, 4) is 28.0 Å². The predicted molar refractivity (Wildman–Crippen MR) is 126 cm³/mol. The molecule has 178 valence electrons. The summed E-state index contributed by atoms with van der Waals surface area (Å²) in [7, 11) is 0. The van der Waals surface area contributed by atoms with Crippen LogP contribution in [0.3, 0.4) is 0 Å². The van der Waals surface area contributed by atoms with Gasteiger partial charge in [-0.25, -0.2) is 8.78 Å². The van der Waals surface area contributed by atoms with E-state index in [9.17, 15) is 13.2 Å². The molecule has 0 saturated carbocycles. The molecule has 0 bridgehead atoms. The molecule has 4 rings (SSSR count). The van der Waals surface area contributed by atoms with Crippen molar-refractivity contribution < 1.29 is 27.4 Å². The van der Waals surface area contributed by atoms with Gasteiger partial charge in [0.05, 0.1) is 13.2 Å². The van der Waals surface area contributed by atoms with Crippen LogP contribution in [-0.4, -0.2) is 19.8 Å². The first-order valence-corrected chi connectivity index (χ1v) is 11.4. The molecule has 3 aromatic carbocycles. The van der Waals surface area contributed by atoms with E-state index in [1.54, 1.807) is 42.5 Å². The summed E-state index contributed by atoms with van der Waals surface area (Å²) in [5.74, 6) is -2.26. The highest BCUT2D eigenvalue weighted by Gasteiger charge is 2.22. The Morgan fingerprint density at radius 3 is 2.15 bits per heavy atom. The minimum Gasteiger partial charge on any atom is -0.486 e. The van der Waals surface area contributed by atoms with Crippen LogP contribution >= 0.6 is 0 Å². The molecule has 1 aliphatic heterocycles. The van der Waals surface area contributed by atoms with Crippen LogP contribution in [0, 0.1) is 23.4 Å². The van der Waals surface area contributed by atoms with E-state index in [-0.39, 0.29) is 17.9 Å². The highest BCUT2D eigenvalue weighted by molar-refractivity contribution is 5.71. The monoisotopic (exact) mass is 468 g/mol. The molecule has 6 heteroatoms. The predicted octanol–water partition coefficient (Wildman–Crippen LogP) is 7.46. The molecule has 1 aliphatic rings. The van der Waals surface area contributed by atoms with Gasteiger partial charge in [-0.1, -0.05) is 62.4 Å². The first-order chi connectivity index (χ1) is 16.5. The zero-order chi connectivity index (χ0) is 24.1. The quantitative estimate of drug-likeness (QED) is 0.337. The molecule has 0 N–H and O–H groups in total. The Bertz CT molecular complexity index is 1150. The smallest absolute Gasteiger partial charge is 0.201 e. The second-order valence-electron chi connectivity index (χ2n) is 8.35. The van der Waals surface area contributed by atoms with Gasteiger partial charge in [-0.2, -0.15) is 4.39 Å². The summed E-state index contributed by atoms with van der Waals surface area (Å²) in [5, 5.41) is 0. The van der Waals surface area contributed by atoms with E-state index < -0.39 is 23.7 Å². The number of halogens is 3. The standard InChI is InChI=1S/C28H27F3O3/c1-3-4-5-14-32-25-13-12-23(26(30)27(25)31)20-8-6-19(7-9-20)22-11-10-21(15-24(22)29)28-33-16-18(2)17-34-28/h4-13,15,18,28H,3,14,16-17H2,1-2H3/b5-4+. The maximum Gasteiger partial charge on any atom is 0.201 e. The lowest BCUT2D eigenvalue weighted by Gasteiger charge is -2.27. The van der Waals surface area contributed by atoms with Gasteiger partial charge in [-0.05, 0) is 35.7 Å². The molecule has 34 heavy (non-hydrogen) atoms. The largest absolute Gasteiger partial charge is 0.486 e. The maximum atomic E-state index is 14.9. The Morgan fingerprint density at radius 1 is 0.853 bits per heavy atom. The van der Waals surface area contributed by atoms with E-state index >= 15 is 0 Å². The summed E-state index contributed by atoms with van der Waals surface area (Å²) >= 11 is 0. The highest BCUT2D eigenvalue weighted by Crippen LogP contribution is 2.33. The molecule has 0 aromatic heterocycles. The topological polar surface area (TPSA) is 27.7 Å². The van der Waals surface area contributed by atoms with Crippen molar-refractivity contribution in [1.29, 1.82) is 0 Å². The van der Waals surface area contributed by atoms with E-state index in [4.69, 9.17) is 14.2 Å². The minimum absolute atomic E-state index is 0.108. The number of hydrogen-bond donors (Lipinski definition) is 0.